The van der Waals surface area contributed by atoms with E-state index in [2.05, 4.69) is 37.9 Å². The van der Waals surface area contributed by atoms with Crippen molar-refractivity contribution >= 4 is 11.8 Å². The normalized spacial score (nSPS) is 19.9. The molecule has 1 heterocycles. The zero-order chi connectivity index (χ0) is 16.7. The molecular weight excluding hydrogens is 280 g/mol. The zero-order valence-corrected chi connectivity index (χ0v) is 14.5. The summed E-state index contributed by atoms with van der Waals surface area (Å²) in [5, 5.41) is 3.04. The van der Waals surface area contributed by atoms with E-state index in [0.29, 0.717) is 25.2 Å². The number of amides is 2. The maximum atomic E-state index is 12.3. The molecule has 2 amide bonds. The Morgan fingerprint density at radius 1 is 1.27 bits per heavy atom. The molecule has 128 valence electrons. The summed E-state index contributed by atoms with van der Waals surface area (Å²) < 4.78 is 0. The number of carbonyl (C=O) groups is 2. The molecule has 1 aliphatic heterocycles. The largest absolute Gasteiger partial charge is 0.369 e. The van der Waals surface area contributed by atoms with Crippen molar-refractivity contribution in [1.29, 1.82) is 0 Å². The summed E-state index contributed by atoms with van der Waals surface area (Å²) in [5.74, 6) is -0.258. The lowest BCUT2D eigenvalue weighted by Gasteiger charge is -2.32. The van der Waals surface area contributed by atoms with Gasteiger partial charge in [-0.05, 0) is 47.1 Å². The van der Waals surface area contributed by atoms with Gasteiger partial charge in [0.15, 0.2) is 0 Å². The number of piperidine rings is 1. The van der Waals surface area contributed by atoms with E-state index >= 15 is 0 Å². The van der Waals surface area contributed by atoms with E-state index < -0.39 is 0 Å². The molecule has 1 aliphatic rings. The summed E-state index contributed by atoms with van der Waals surface area (Å²) in [7, 11) is 0. The number of hydrogen-bond donors (Lipinski definition) is 2. The van der Waals surface area contributed by atoms with Crippen molar-refractivity contribution in [3.63, 3.8) is 0 Å². The Kier molecular flexibility index (Phi) is 7.82. The Balaban J connectivity index is 2.36. The molecule has 0 bridgehead atoms. The van der Waals surface area contributed by atoms with Crippen molar-refractivity contribution in [2.24, 2.45) is 11.7 Å². The maximum absolute atomic E-state index is 12.3. The molecule has 0 saturated carbocycles. The zero-order valence-electron chi connectivity index (χ0n) is 14.5. The molecule has 6 nitrogen and oxygen atoms in total. The summed E-state index contributed by atoms with van der Waals surface area (Å²) in [6, 6.07) is 0.940. The highest BCUT2D eigenvalue weighted by Gasteiger charge is 2.26. The third-order valence-electron chi connectivity index (χ3n) is 4.25. The molecule has 22 heavy (non-hydrogen) atoms. The third-order valence-corrected chi connectivity index (χ3v) is 4.25. The smallest absolute Gasteiger partial charge is 0.231 e. The van der Waals surface area contributed by atoms with Gasteiger partial charge in [-0.3, -0.25) is 19.4 Å². The molecule has 1 atom stereocenters. The van der Waals surface area contributed by atoms with Gasteiger partial charge in [0, 0.05) is 31.7 Å². The predicted octanol–water partition coefficient (Wildman–Crippen LogP) is 0.419. The minimum atomic E-state index is -0.328. The molecule has 3 N–H and O–H groups in total. The van der Waals surface area contributed by atoms with Crippen LogP contribution in [-0.4, -0.2) is 66.4 Å². The molecule has 0 aromatic heterocycles. The monoisotopic (exact) mass is 312 g/mol. The van der Waals surface area contributed by atoms with E-state index in [9.17, 15) is 9.59 Å². The van der Waals surface area contributed by atoms with Crippen LogP contribution in [0.15, 0.2) is 0 Å². The second kappa shape index (κ2) is 9.10. The van der Waals surface area contributed by atoms with Crippen LogP contribution in [0, 0.1) is 5.92 Å². The lowest BCUT2D eigenvalue weighted by Crippen LogP contribution is -2.47. The van der Waals surface area contributed by atoms with E-state index in [1.807, 2.05) is 4.90 Å². The molecule has 0 aliphatic carbocycles. The van der Waals surface area contributed by atoms with Gasteiger partial charge in [0.1, 0.15) is 0 Å². The van der Waals surface area contributed by atoms with Gasteiger partial charge < -0.3 is 11.1 Å². The number of carbonyl (C=O) groups excluding carboxylic acids is 2. The number of nitrogens with one attached hydrogen (secondary N) is 1. The average molecular weight is 312 g/mol. The fourth-order valence-electron chi connectivity index (χ4n) is 3.20. The fraction of sp³-hybridized carbons (Fsp3) is 0.875. The minimum absolute atomic E-state index is 0.0281. The highest BCUT2D eigenvalue weighted by atomic mass is 16.2. The standard InChI is InChI=1S/C16H32N4O2/c1-12(2)20(13(3)4)9-7-18-16(22)14-6-5-8-19(10-14)11-15(17)21/h12-14H,5-11H2,1-4H3,(H2,17,21)(H,18,22)/t14-/m0/s1. The summed E-state index contributed by atoms with van der Waals surface area (Å²) in [6.45, 7) is 11.9. The van der Waals surface area contributed by atoms with Crippen molar-refractivity contribution in [3.05, 3.63) is 0 Å². The first-order chi connectivity index (χ1) is 10.3. The first-order valence-electron chi connectivity index (χ1n) is 8.35. The highest BCUT2D eigenvalue weighted by molar-refractivity contribution is 5.79. The summed E-state index contributed by atoms with van der Waals surface area (Å²) in [4.78, 5) is 27.6. The Labute approximate surface area is 134 Å². The Morgan fingerprint density at radius 3 is 2.45 bits per heavy atom. The lowest BCUT2D eigenvalue weighted by molar-refractivity contribution is -0.128. The van der Waals surface area contributed by atoms with Gasteiger partial charge in [-0.1, -0.05) is 0 Å². The van der Waals surface area contributed by atoms with Crippen molar-refractivity contribution in [3.8, 4) is 0 Å². The van der Waals surface area contributed by atoms with Gasteiger partial charge in [0.05, 0.1) is 12.5 Å². The van der Waals surface area contributed by atoms with Crippen LogP contribution in [0.25, 0.3) is 0 Å². The van der Waals surface area contributed by atoms with Crippen molar-refractivity contribution in [2.45, 2.75) is 52.6 Å². The van der Waals surface area contributed by atoms with E-state index in [1.165, 1.54) is 0 Å². The van der Waals surface area contributed by atoms with Gasteiger partial charge in [-0.15, -0.1) is 0 Å². The van der Waals surface area contributed by atoms with Crippen LogP contribution >= 0.6 is 0 Å². The summed E-state index contributed by atoms with van der Waals surface area (Å²) >= 11 is 0. The van der Waals surface area contributed by atoms with Crippen molar-refractivity contribution in [2.75, 3.05) is 32.7 Å². The van der Waals surface area contributed by atoms with Crippen molar-refractivity contribution < 1.29 is 9.59 Å². The molecule has 0 aromatic carbocycles. The van der Waals surface area contributed by atoms with Crippen LogP contribution in [0.5, 0.6) is 0 Å². The average Bonchev–Trinajstić information content (AvgIpc) is 2.42. The Hall–Kier alpha value is -1.14. The summed E-state index contributed by atoms with van der Waals surface area (Å²) in [6.07, 6.45) is 1.83. The van der Waals surface area contributed by atoms with Gasteiger partial charge in [-0.2, -0.15) is 0 Å². The van der Waals surface area contributed by atoms with E-state index in [1.54, 1.807) is 0 Å². The molecule has 0 spiro atoms. The molecular formula is C16H32N4O2. The predicted molar refractivity (Wildman–Crippen MR) is 88.3 cm³/mol. The van der Waals surface area contributed by atoms with Gasteiger partial charge in [0.25, 0.3) is 0 Å². The number of primary amides is 1. The Morgan fingerprint density at radius 2 is 1.91 bits per heavy atom. The topological polar surface area (TPSA) is 78.7 Å². The molecule has 1 rings (SSSR count). The molecule has 1 saturated heterocycles. The van der Waals surface area contributed by atoms with Gasteiger partial charge in [-0.25, -0.2) is 0 Å². The van der Waals surface area contributed by atoms with Crippen LogP contribution in [0.2, 0.25) is 0 Å². The van der Waals surface area contributed by atoms with E-state index in [0.717, 1.165) is 25.9 Å². The van der Waals surface area contributed by atoms with Crippen LogP contribution < -0.4 is 11.1 Å². The maximum Gasteiger partial charge on any atom is 0.231 e. The number of rotatable bonds is 8. The van der Waals surface area contributed by atoms with Crippen LogP contribution in [-0.2, 0) is 9.59 Å². The van der Waals surface area contributed by atoms with Crippen molar-refractivity contribution in [1.82, 2.24) is 15.1 Å². The number of likely N-dealkylation sites (tertiary alicyclic amines) is 1. The summed E-state index contributed by atoms with van der Waals surface area (Å²) in [5.41, 5.74) is 5.23. The first-order valence-corrected chi connectivity index (χ1v) is 8.35. The molecule has 6 heteroatoms. The fourth-order valence-corrected chi connectivity index (χ4v) is 3.20. The number of hydrogen-bond acceptors (Lipinski definition) is 4. The van der Waals surface area contributed by atoms with E-state index in [4.69, 9.17) is 5.73 Å². The minimum Gasteiger partial charge on any atom is -0.369 e. The van der Waals surface area contributed by atoms with Gasteiger partial charge in [0.2, 0.25) is 11.8 Å². The lowest BCUT2D eigenvalue weighted by atomic mass is 9.97. The molecule has 0 aromatic rings. The first kappa shape index (κ1) is 18.9. The second-order valence-corrected chi connectivity index (χ2v) is 6.76. The molecule has 1 fully saturated rings. The van der Waals surface area contributed by atoms with Gasteiger partial charge >= 0.3 is 0 Å². The molecule has 0 unspecified atom stereocenters. The van der Waals surface area contributed by atoms with E-state index in [-0.39, 0.29) is 24.3 Å². The number of nitrogens with zero attached hydrogens (tertiary/aromatic N) is 2. The highest BCUT2D eigenvalue weighted by Crippen LogP contribution is 2.16. The Bertz CT molecular complexity index is 363. The molecule has 0 radical (unpaired) electrons. The second-order valence-electron chi connectivity index (χ2n) is 6.76. The van der Waals surface area contributed by atoms with Crippen LogP contribution in [0.3, 0.4) is 0 Å². The quantitative estimate of drug-likeness (QED) is 0.681. The van der Waals surface area contributed by atoms with Crippen LogP contribution in [0.1, 0.15) is 40.5 Å². The third kappa shape index (κ3) is 6.32. The van der Waals surface area contributed by atoms with Crippen LogP contribution in [0.4, 0.5) is 0 Å². The SMILES string of the molecule is CC(C)N(CCNC(=O)[C@H]1CCCN(CC(N)=O)C1)C(C)C. The number of nitrogens with two attached hydrogens (primary N) is 1.